The standard InChI is InChI=1S/C5H4F4O2/c6-4(5(7,8)9)1-2-11-3-10/h1,3H,2H2. The zero-order chi connectivity index (χ0) is 8.91. The minimum Gasteiger partial charge on any atom is -0.464 e. The third-order valence-corrected chi connectivity index (χ3v) is 0.698. The predicted octanol–water partition coefficient (Wildman–Crippen LogP) is 1.58. The summed E-state index contributed by atoms with van der Waals surface area (Å²) in [6.07, 6.45) is -4.86. The number of rotatable bonds is 3. The highest BCUT2D eigenvalue weighted by atomic mass is 19.4. The molecule has 0 unspecified atom stereocenters. The molecule has 0 aliphatic carbocycles. The summed E-state index contributed by atoms with van der Waals surface area (Å²) in [6, 6.07) is 0. The van der Waals surface area contributed by atoms with E-state index in [2.05, 4.69) is 4.74 Å². The number of carbonyl (C=O) groups is 1. The largest absolute Gasteiger partial charge is 0.464 e. The molecule has 0 aromatic carbocycles. The van der Waals surface area contributed by atoms with Gasteiger partial charge in [-0.05, 0) is 6.08 Å². The number of alkyl halides is 3. The van der Waals surface area contributed by atoms with Gasteiger partial charge in [-0.1, -0.05) is 0 Å². The van der Waals surface area contributed by atoms with Crippen LogP contribution in [0.4, 0.5) is 17.6 Å². The molecule has 11 heavy (non-hydrogen) atoms. The van der Waals surface area contributed by atoms with Crippen molar-refractivity contribution in [1.82, 2.24) is 0 Å². The first-order chi connectivity index (χ1) is 4.98. The van der Waals surface area contributed by atoms with E-state index in [0.29, 0.717) is 0 Å². The first-order valence-corrected chi connectivity index (χ1v) is 2.46. The van der Waals surface area contributed by atoms with E-state index in [0.717, 1.165) is 0 Å². The lowest BCUT2D eigenvalue weighted by molar-refractivity contribution is -0.128. The van der Waals surface area contributed by atoms with Crippen LogP contribution in [0.25, 0.3) is 0 Å². The van der Waals surface area contributed by atoms with Gasteiger partial charge in [0.05, 0.1) is 0 Å². The fourth-order valence-electron chi connectivity index (χ4n) is 0.276. The van der Waals surface area contributed by atoms with Gasteiger partial charge in [0.1, 0.15) is 6.61 Å². The summed E-state index contributed by atoms with van der Waals surface area (Å²) >= 11 is 0. The predicted molar refractivity (Wildman–Crippen MR) is 27.3 cm³/mol. The normalized spacial score (nSPS) is 12.9. The van der Waals surface area contributed by atoms with E-state index in [1.807, 2.05) is 0 Å². The first kappa shape index (κ1) is 9.93. The zero-order valence-corrected chi connectivity index (χ0v) is 5.19. The Hall–Kier alpha value is -1.07. The summed E-state index contributed by atoms with van der Waals surface area (Å²) in [7, 11) is 0. The van der Waals surface area contributed by atoms with Crippen LogP contribution in [-0.4, -0.2) is 19.3 Å². The summed E-state index contributed by atoms with van der Waals surface area (Å²) in [6.45, 7) is -0.783. The van der Waals surface area contributed by atoms with Crippen LogP contribution in [0.2, 0.25) is 0 Å². The van der Waals surface area contributed by atoms with Crippen molar-refractivity contribution in [3.05, 3.63) is 11.9 Å². The highest BCUT2D eigenvalue weighted by Gasteiger charge is 2.34. The van der Waals surface area contributed by atoms with E-state index >= 15 is 0 Å². The maximum atomic E-state index is 11.8. The molecule has 0 rings (SSSR count). The minimum absolute atomic E-state index is 0.0693. The van der Waals surface area contributed by atoms with Gasteiger partial charge in [0.2, 0.25) is 5.83 Å². The van der Waals surface area contributed by atoms with Crippen LogP contribution in [-0.2, 0) is 9.53 Å². The Morgan fingerprint density at radius 2 is 2.00 bits per heavy atom. The molecule has 6 heteroatoms. The van der Waals surface area contributed by atoms with Crippen LogP contribution < -0.4 is 0 Å². The minimum atomic E-state index is -4.99. The van der Waals surface area contributed by atoms with Gasteiger partial charge < -0.3 is 4.74 Å². The summed E-state index contributed by atoms with van der Waals surface area (Å²) in [4.78, 5) is 9.38. The number of halogens is 4. The molecule has 0 heterocycles. The van der Waals surface area contributed by atoms with Crippen LogP contribution in [0.3, 0.4) is 0 Å². The van der Waals surface area contributed by atoms with Crippen molar-refractivity contribution in [2.24, 2.45) is 0 Å². The van der Waals surface area contributed by atoms with Gasteiger partial charge in [-0.15, -0.1) is 0 Å². The lowest BCUT2D eigenvalue weighted by Crippen LogP contribution is -2.08. The van der Waals surface area contributed by atoms with Gasteiger partial charge in [0.15, 0.2) is 0 Å². The average molecular weight is 172 g/mol. The Labute approximate surface area is 59.4 Å². The molecule has 0 spiro atoms. The molecule has 0 saturated carbocycles. The Balaban J connectivity index is 3.90. The van der Waals surface area contributed by atoms with Crippen molar-refractivity contribution in [3.8, 4) is 0 Å². The SMILES string of the molecule is O=COCC=C(F)C(F)(F)F. The number of hydrogen-bond donors (Lipinski definition) is 0. The smallest absolute Gasteiger partial charge is 0.442 e. The second-order valence-corrected chi connectivity index (χ2v) is 1.48. The van der Waals surface area contributed by atoms with Crippen molar-refractivity contribution in [3.63, 3.8) is 0 Å². The highest BCUT2D eigenvalue weighted by Crippen LogP contribution is 2.25. The van der Waals surface area contributed by atoms with Crippen molar-refractivity contribution in [1.29, 1.82) is 0 Å². The number of carbonyl (C=O) groups excluding carboxylic acids is 1. The Kier molecular flexibility index (Phi) is 3.56. The molecule has 0 aromatic heterocycles. The van der Waals surface area contributed by atoms with Crippen LogP contribution >= 0.6 is 0 Å². The van der Waals surface area contributed by atoms with Crippen molar-refractivity contribution < 1.29 is 27.1 Å². The van der Waals surface area contributed by atoms with E-state index in [1.54, 1.807) is 0 Å². The zero-order valence-electron chi connectivity index (χ0n) is 5.19. The van der Waals surface area contributed by atoms with E-state index < -0.39 is 18.6 Å². The molecule has 0 amide bonds. The third kappa shape index (κ3) is 4.35. The van der Waals surface area contributed by atoms with Gasteiger partial charge in [-0.25, -0.2) is 4.39 Å². The van der Waals surface area contributed by atoms with Gasteiger partial charge in [-0.3, -0.25) is 4.79 Å². The maximum Gasteiger partial charge on any atom is 0.442 e. The number of allylic oxidation sites excluding steroid dienone is 1. The highest BCUT2D eigenvalue weighted by molar-refractivity contribution is 5.37. The molecule has 0 radical (unpaired) electrons. The van der Waals surface area contributed by atoms with Crippen LogP contribution in [0.15, 0.2) is 11.9 Å². The fourth-order valence-corrected chi connectivity index (χ4v) is 0.276. The van der Waals surface area contributed by atoms with Crippen molar-refractivity contribution in [2.45, 2.75) is 6.18 Å². The third-order valence-electron chi connectivity index (χ3n) is 0.698. The molecule has 2 nitrogen and oxygen atoms in total. The molecule has 0 fully saturated rings. The van der Waals surface area contributed by atoms with Crippen molar-refractivity contribution >= 4 is 6.47 Å². The fraction of sp³-hybridized carbons (Fsp3) is 0.400. The van der Waals surface area contributed by atoms with Crippen LogP contribution in [0.1, 0.15) is 0 Å². The molecule has 0 saturated heterocycles. The Bertz CT molecular complexity index is 160. The quantitative estimate of drug-likeness (QED) is 0.367. The summed E-state index contributed by atoms with van der Waals surface area (Å²) in [5.41, 5.74) is 0. The van der Waals surface area contributed by atoms with Gasteiger partial charge >= 0.3 is 6.18 Å². The van der Waals surface area contributed by atoms with Crippen LogP contribution in [0.5, 0.6) is 0 Å². The van der Waals surface area contributed by atoms with E-state index in [1.165, 1.54) is 0 Å². The summed E-state index contributed by atoms with van der Waals surface area (Å²) in [5, 5.41) is 0. The molecule has 0 bridgehead atoms. The van der Waals surface area contributed by atoms with E-state index in [-0.39, 0.29) is 12.5 Å². The lowest BCUT2D eigenvalue weighted by atomic mass is 10.5. The van der Waals surface area contributed by atoms with E-state index in [4.69, 9.17) is 0 Å². The topological polar surface area (TPSA) is 26.3 Å². The van der Waals surface area contributed by atoms with Crippen LogP contribution in [0, 0.1) is 0 Å². The maximum absolute atomic E-state index is 11.8. The van der Waals surface area contributed by atoms with E-state index in [9.17, 15) is 22.4 Å². The summed E-state index contributed by atoms with van der Waals surface area (Å²) in [5.74, 6) is -2.26. The Morgan fingerprint density at radius 1 is 1.45 bits per heavy atom. The molecular formula is C5H4F4O2. The molecule has 0 N–H and O–H groups in total. The molecular weight excluding hydrogens is 168 g/mol. The number of ether oxygens (including phenoxy) is 1. The van der Waals surface area contributed by atoms with Gasteiger partial charge in [-0.2, -0.15) is 13.2 Å². The summed E-state index contributed by atoms with van der Waals surface area (Å²) < 4.78 is 49.4. The first-order valence-electron chi connectivity index (χ1n) is 2.46. The molecule has 0 aliphatic rings. The van der Waals surface area contributed by atoms with Gasteiger partial charge in [0.25, 0.3) is 6.47 Å². The average Bonchev–Trinajstić information content (AvgIpc) is 1.86. The molecule has 0 atom stereocenters. The molecule has 0 aromatic rings. The van der Waals surface area contributed by atoms with Crippen molar-refractivity contribution in [2.75, 3.05) is 6.61 Å². The Morgan fingerprint density at radius 3 is 2.36 bits per heavy atom. The second kappa shape index (κ2) is 3.95. The number of hydrogen-bond acceptors (Lipinski definition) is 2. The molecule has 0 aliphatic heterocycles. The second-order valence-electron chi connectivity index (χ2n) is 1.48. The lowest BCUT2D eigenvalue weighted by Gasteiger charge is -2.01. The molecule has 64 valence electrons. The monoisotopic (exact) mass is 172 g/mol. The van der Waals surface area contributed by atoms with Gasteiger partial charge in [0, 0.05) is 0 Å².